The molecule has 1 aromatic rings. The summed E-state index contributed by atoms with van der Waals surface area (Å²) in [6.45, 7) is 2.96. The number of aromatic nitrogens is 1. The number of H-pyrrole nitrogens is 1. The summed E-state index contributed by atoms with van der Waals surface area (Å²) in [5, 5.41) is 15.9. The van der Waals surface area contributed by atoms with Crippen molar-refractivity contribution in [3.05, 3.63) is 35.1 Å². The van der Waals surface area contributed by atoms with Gasteiger partial charge in [0.05, 0.1) is 4.47 Å². The summed E-state index contributed by atoms with van der Waals surface area (Å²) in [7, 11) is 0. The fourth-order valence-electron chi connectivity index (χ4n) is 0.436. The molecule has 0 saturated heterocycles. The highest BCUT2D eigenvalue weighted by molar-refractivity contribution is 9.10. The van der Waals surface area contributed by atoms with Crippen molar-refractivity contribution >= 4 is 21.9 Å². The predicted molar refractivity (Wildman–Crippen MR) is 51.0 cm³/mol. The summed E-state index contributed by atoms with van der Waals surface area (Å²) >= 11 is 3.17. The fraction of sp³-hybridized carbons (Fsp3) is 0. The van der Waals surface area contributed by atoms with Gasteiger partial charge in [0.2, 0.25) is 0 Å². The third-order valence-corrected chi connectivity index (χ3v) is 1.64. The lowest BCUT2D eigenvalue weighted by atomic mass is 10.5. The van der Waals surface area contributed by atoms with Crippen LogP contribution in [-0.4, -0.2) is 16.1 Å². The first kappa shape index (κ1) is 11.5. The van der Waals surface area contributed by atoms with Crippen molar-refractivity contribution in [1.29, 1.82) is 5.26 Å². The number of aromatic amines is 1. The second-order valence-electron chi connectivity index (χ2n) is 1.85. The van der Waals surface area contributed by atoms with Gasteiger partial charge in [0.25, 0.3) is 0 Å². The summed E-state index contributed by atoms with van der Waals surface area (Å²) in [4.78, 5) is 12.0. The zero-order valence-electron chi connectivity index (χ0n) is 6.62. The molecular formula is C8H7BrN2O2. The Kier molecular flexibility index (Phi) is 5.32. The summed E-state index contributed by atoms with van der Waals surface area (Å²) in [5.74, 6) is -0.981. The van der Waals surface area contributed by atoms with Gasteiger partial charge in [0.1, 0.15) is 11.8 Å². The van der Waals surface area contributed by atoms with Crippen LogP contribution in [0.25, 0.3) is 0 Å². The molecule has 0 saturated carbocycles. The normalized spacial score (nSPS) is 7.69. The molecule has 0 amide bonds. The first-order valence-electron chi connectivity index (χ1n) is 3.20. The van der Waals surface area contributed by atoms with Crippen molar-refractivity contribution in [2.75, 3.05) is 0 Å². The summed E-state index contributed by atoms with van der Waals surface area (Å²) in [5.41, 5.74) is 0.574. The van der Waals surface area contributed by atoms with Crippen LogP contribution in [0, 0.1) is 11.3 Å². The van der Waals surface area contributed by atoms with Crippen molar-refractivity contribution < 1.29 is 9.90 Å². The molecule has 0 aliphatic rings. The molecule has 0 atom stereocenters. The number of carboxylic acid groups (broad SMARTS) is 1. The Morgan fingerprint density at radius 1 is 1.85 bits per heavy atom. The van der Waals surface area contributed by atoms with Crippen LogP contribution in [0.15, 0.2) is 29.4 Å². The van der Waals surface area contributed by atoms with E-state index in [1.807, 2.05) is 6.07 Å². The second-order valence-corrected chi connectivity index (χ2v) is 2.71. The minimum atomic E-state index is -0.981. The van der Waals surface area contributed by atoms with Gasteiger partial charge in [0.15, 0.2) is 0 Å². The molecule has 2 N–H and O–H groups in total. The van der Waals surface area contributed by atoms with Crippen molar-refractivity contribution in [2.24, 2.45) is 0 Å². The topological polar surface area (TPSA) is 76.9 Å². The van der Waals surface area contributed by atoms with Crippen LogP contribution in [-0.2, 0) is 4.79 Å². The average Bonchev–Trinajstić information content (AvgIpc) is 2.52. The lowest BCUT2D eigenvalue weighted by Gasteiger charge is -1.75. The molecule has 1 aromatic heterocycles. The number of nitrogens with one attached hydrogen (secondary N) is 1. The van der Waals surface area contributed by atoms with Gasteiger partial charge in [-0.2, -0.15) is 5.26 Å². The van der Waals surface area contributed by atoms with Crippen LogP contribution in [0.4, 0.5) is 0 Å². The predicted octanol–water partition coefficient (Wildman–Crippen LogP) is 1.91. The molecule has 1 rings (SSSR count). The van der Waals surface area contributed by atoms with Gasteiger partial charge < -0.3 is 10.1 Å². The molecule has 0 aliphatic heterocycles. The molecule has 1 heterocycles. The summed E-state index contributed by atoms with van der Waals surface area (Å²) < 4.78 is 0.819. The number of carbonyl (C=O) groups is 1. The smallest absolute Gasteiger partial charge is 0.327 e. The fourth-order valence-corrected chi connectivity index (χ4v) is 0.771. The Hall–Kier alpha value is -1.54. The number of hydrogen-bond donors (Lipinski definition) is 2. The highest BCUT2D eigenvalue weighted by Gasteiger charge is 1.94. The van der Waals surface area contributed by atoms with Gasteiger partial charge in [-0.05, 0) is 22.0 Å². The Morgan fingerprint density at radius 2 is 2.38 bits per heavy atom. The van der Waals surface area contributed by atoms with Gasteiger partial charge in [0, 0.05) is 12.3 Å². The summed E-state index contributed by atoms with van der Waals surface area (Å²) in [6, 6.07) is 3.76. The lowest BCUT2D eigenvalue weighted by molar-refractivity contribution is -0.131. The Balaban J connectivity index is 0.000000252. The third-order valence-electron chi connectivity index (χ3n) is 0.983. The first-order valence-corrected chi connectivity index (χ1v) is 3.99. The quantitative estimate of drug-likeness (QED) is 0.739. The molecule has 0 aromatic carbocycles. The zero-order valence-corrected chi connectivity index (χ0v) is 8.21. The van der Waals surface area contributed by atoms with E-state index < -0.39 is 5.97 Å². The minimum absolute atomic E-state index is 0.574. The van der Waals surface area contributed by atoms with E-state index >= 15 is 0 Å². The van der Waals surface area contributed by atoms with Gasteiger partial charge >= 0.3 is 5.97 Å². The minimum Gasteiger partial charge on any atom is -0.478 e. The van der Waals surface area contributed by atoms with E-state index in [-0.39, 0.29) is 0 Å². The Morgan fingerprint density at radius 3 is 2.54 bits per heavy atom. The van der Waals surface area contributed by atoms with Gasteiger partial charge in [-0.1, -0.05) is 6.58 Å². The maximum Gasteiger partial charge on any atom is 0.327 e. The van der Waals surface area contributed by atoms with Crippen LogP contribution in [0.2, 0.25) is 0 Å². The number of aliphatic carboxylic acids is 1. The van der Waals surface area contributed by atoms with Gasteiger partial charge in [-0.15, -0.1) is 0 Å². The van der Waals surface area contributed by atoms with E-state index in [4.69, 9.17) is 10.4 Å². The highest BCUT2D eigenvalue weighted by Crippen LogP contribution is 2.11. The van der Waals surface area contributed by atoms with Crippen molar-refractivity contribution in [3.8, 4) is 6.07 Å². The van der Waals surface area contributed by atoms with E-state index in [9.17, 15) is 4.79 Å². The number of rotatable bonds is 1. The molecular weight excluding hydrogens is 236 g/mol. The van der Waals surface area contributed by atoms with E-state index in [0.717, 1.165) is 10.5 Å². The standard InChI is InChI=1S/C5H3BrN2.C3H4O2/c6-4-1-2-8-5(4)3-7;1-2-3(4)5/h1-2,8H;2H,1H2,(H,4,5). The average molecular weight is 243 g/mol. The molecule has 0 fully saturated rings. The highest BCUT2D eigenvalue weighted by atomic mass is 79.9. The van der Waals surface area contributed by atoms with Crippen LogP contribution < -0.4 is 0 Å². The molecule has 0 spiro atoms. The number of nitrogens with zero attached hydrogens (tertiary/aromatic N) is 1. The van der Waals surface area contributed by atoms with E-state index in [0.29, 0.717) is 5.69 Å². The number of halogens is 1. The summed E-state index contributed by atoms with van der Waals surface area (Å²) in [6.07, 6.45) is 2.54. The molecule has 0 bridgehead atoms. The van der Waals surface area contributed by atoms with Crippen LogP contribution in [0.3, 0.4) is 0 Å². The maximum absolute atomic E-state index is 9.25. The molecule has 68 valence electrons. The SMILES string of the molecule is C=CC(=O)O.N#Cc1[nH]ccc1Br. The van der Waals surface area contributed by atoms with Crippen LogP contribution >= 0.6 is 15.9 Å². The van der Waals surface area contributed by atoms with E-state index in [1.54, 1.807) is 12.3 Å². The molecule has 13 heavy (non-hydrogen) atoms. The van der Waals surface area contributed by atoms with E-state index in [2.05, 4.69) is 27.5 Å². The first-order chi connectivity index (χ1) is 6.11. The number of nitriles is 1. The van der Waals surface area contributed by atoms with Crippen LogP contribution in [0.1, 0.15) is 5.69 Å². The number of hydrogen-bond acceptors (Lipinski definition) is 2. The molecule has 0 aliphatic carbocycles. The Labute approximate surface area is 83.6 Å². The molecule has 4 nitrogen and oxygen atoms in total. The van der Waals surface area contributed by atoms with Crippen molar-refractivity contribution in [3.63, 3.8) is 0 Å². The van der Waals surface area contributed by atoms with Gasteiger partial charge in [-0.3, -0.25) is 0 Å². The lowest BCUT2D eigenvalue weighted by Crippen LogP contribution is -1.82. The monoisotopic (exact) mass is 242 g/mol. The molecule has 0 unspecified atom stereocenters. The number of carboxylic acids is 1. The molecule has 5 heteroatoms. The Bertz CT molecular complexity index is 338. The van der Waals surface area contributed by atoms with Crippen molar-refractivity contribution in [2.45, 2.75) is 0 Å². The molecule has 0 radical (unpaired) electrons. The largest absolute Gasteiger partial charge is 0.478 e. The van der Waals surface area contributed by atoms with Crippen LogP contribution in [0.5, 0.6) is 0 Å². The van der Waals surface area contributed by atoms with E-state index in [1.165, 1.54) is 0 Å². The second kappa shape index (κ2) is 6.03. The maximum atomic E-state index is 9.25. The van der Waals surface area contributed by atoms with Gasteiger partial charge in [-0.25, -0.2) is 4.79 Å². The third kappa shape index (κ3) is 4.82. The zero-order chi connectivity index (χ0) is 10.3. The van der Waals surface area contributed by atoms with Crippen molar-refractivity contribution in [1.82, 2.24) is 4.98 Å².